The molecule has 3 aromatic rings. The maximum Gasteiger partial charge on any atom is 0.256 e. The van der Waals surface area contributed by atoms with Gasteiger partial charge >= 0.3 is 0 Å². The molecule has 10 heteroatoms. The van der Waals surface area contributed by atoms with Crippen molar-refractivity contribution >= 4 is 29.1 Å². The number of ether oxygens (including phenoxy) is 1. The van der Waals surface area contributed by atoms with E-state index in [1.54, 1.807) is 17.0 Å². The van der Waals surface area contributed by atoms with E-state index in [0.717, 1.165) is 11.6 Å². The zero-order chi connectivity index (χ0) is 21.0. The molecule has 1 amide bonds. The Balaban J connectivity index is 1.55. The summed E-state index contributed by atoms with van der Waals surface area (Å²) in [6.07, 6.45) is 0. The molecule has 2 atom stereocenters. The Bertz CT molecular complexity index is 1150. The summed E-state index contributed by atoms with van der Waals surface area (Å²) >= 11 is 12.0. The zero-order valence-corrected chi connectivity index (χ0v) is 16.9. The minimum atomic E-state index is -0.691. The molecule has 2 aromatic carbocycles. The van der Waals surface area contributed by atoms with E-state index in [2.05, 4.69) is 10.2 Å². The van der Waals surface area contributed by atoms with Crippen LogP contribution in [0.25, 0.3) is 11.4 Å². The van der Waals surface area contributed by atoms with E-state index in [1.165, 1.54) is 18.2 Å². The van der Waals surface area contributed by atoms with Gasteiger partial charge < -0.3 is 14.2 Å². The summed E-state index contributed by atoms with van der Waals surface area (Å²) in [6.45, 7) is 0.940. The van der Waals surface area contributed by atoms with Crippen molar-refractivity contribution in [3.63, 3.8) is 0 Å². The van der Waals surface area contributed by atoms with Crippen molar-refractivity contribution in [1.82, 2.24) is 19.7 Å². The number of aromatic nitrogens is 3. The fourth-order valence-electron chi connectivity index (χ4n) is 3.97. The number of halogens is 4. The van der Waals surface area contributed by atoms with E-state index in [1.807, 2.05) is 4.57 Å². The van der Waals surface area contributed by atoms with Gasteiger partial charge in [0.2, 0.25) is 0 Å². The topological polar surface area (TPSA) is 60.3 Å². The van der Waals surface area contributed by atoms with Gasteiger partial charge in [0.1, 0.15) is 17.7 Å². The summed E-state index contributed by atoms with van der Waals surface area (Å²) in [5, 5.41) is 8.14. The highest BCUT2D eigenvalue weighted by Gasteiger charge is 2.44. The van der Waals surface area contributed by atoms with Crippen molar-refractivity contribution in [2.24, 2.45) is 0 Å². The monoisotopic (exact) mass is 450 g/mol. The smallest absolute Gasteiger partial charge is 0.256 e. The molecule has 1 saturated heterocycles. The number of hydrogen-bond donors (Lipinski definition) is 0. The van der Waals surface area contributed by atoms with Crippen molar-refractivity contribution < 1.29 is 18.3 Å². The van der Waals surface area contributed by atoms with E-state index < -0.39 is 11.9 Å². The number of amides is 1. The summed E-state index contributed by atoms with van der Waals surface area (Å²) in [5.41, 5.74) is 0.842. The molecule has 0 saturated carbocycles. The van der Waals surface area contributed by atoms with Crippen LogP contribution in [0.15, 0.2) is 36.4 Å². The largest absolute Gasteiger partial charge is 0.377 e. The summed E-state index contributed by atoms with van der Waals surface area (Å²) in [5.74, 6) is -0.254. The van der Waals surface area contributed by atoms with Crippen molar-refractivity contribution in [3.8, 4) is 11.4 Å². The van der Waals surface area contributed by atoms with Gasteiger partial charge in [-0.3, -0.25) is 4.79 Å². The van der Waals surface area contributed by atoms with Crippen LogP contribution in [0.5, 0.6) is 0 Å². The summed E-state index contributed by atoms with van der Waals surface area (Å²) in [4.78, 5) is 15.0. The van der Waals surface area contributed by atoms with Crippen LogP contribution in [0.2, 0.25) is 10.0 Å². The second kappa shape index (κ2) is 7.30. The van der Waals surface area contributed by atoms with Gasteiger partial charge in [0.05, 0.1) is 34.9 Å². The van der Waals surface area contributed by atoms with E-state index in [4.69, 9.17) is 27.9 Å². The molecule has 0 aliphatic carbocycles. The predicted molar refractivity (Wildman–Crippen MR) is 105 cm³/mol. The first-order valence-electron chi connectivity index (χ1n) is 9.18. The highest BCUT2D eigenvalue weighted by Crippen LogP contribution is 2.38. The van der Waals surface area contributed by atoms with Crippen LogP contribution in [-0.4, -0.2) is 44.8 Å². The lowest BCUT2D eigenvalue weighted by Gasteiger charge is -2.45. The third-order valence-corrected chi connectivity index (χ3v) is 6.25. The van der Waals surface area contributed by atoms with Gasteiger partial charge in [-0.05, 0) is 36.4 Å². The number of fused-ring (bicyclic) bond motifs is 4. The van der Waals surface area contributed by atoms with Crippen LogP contribution < -0.4 is 0 Å². The molecule has 0 radical (unpaired) electrons. The van der Waals surface area contributed by atoms with Gasteiger partial charge in [0.15, 0.2) is 11.6 Å². The predicted octanol–water partition coefficient (Wildman–Crippen LogP) is 4.13. The van der Waals surface area contributed by atoms with E-state index in [-0.39, 0.29) is 40.0 Å². The molecule has 0 N–H and O–H groups in total. The SMILES string of the molecule is O=C(c1ccc(F)c(Cl)c1Cl)N1C2COCC1c1nnc(-c3ccc(F)cc3)n1C2. The Morgan fingerprint density at radius 2 is 1.80 bits per heavy atom. The molecule has 5 rings (SSSR count). The molecule has 2 aliphatic rings. The van der Waals surface area contributed by atoms with Gasteiger partial charge in [0, 0.05) is 12.1 Å². The molecule has 6 nitrogen and oxygen atoms in total. The second-order valence-electron chi connectivity index (χ2n) is 7.14. The van der Waals surface area contributed by atoms with Crippen molar-refractivity contribution in [2.75, 3.05) is 13.2 Å². The number of hydrogen-bond acceptors (Lipinski definition) is 4. The molecule has 2 unspecified atom stereocenters. The minimum absolute atomic E-state index is 0.117. The van der Waals surface area contributed by atoms with E-state index >= 15 is 0 Å². The quantitative estimate of drug-likeness (QED) is 0.550. The molecule has 154 valence electrons. The molecule has 2 aliphatic heterocycles. The molecule has 0 spiro atoms. The molecular formula is C20H14Cl2F2N4O2. The van der Waals surface area contributed by atoms with Crippen LogP contribution in [0.3, 0.4) is 0 Å². The van der Waals surface area contributed by atoms with Gasteiger partial charge in [-0.15, -0.1) is 10.2 Å². The Morgan fingerprint density at radius 3 is 2.57 bits per heavy atom. The van der Waals surface area contributed by atoms with Gasteiger partial charge in [-0.1, -0.05) is 23.2 Å². The van der Waals surface area contributed by atoms with Crippen molar-refractivity contribution in [1.29, 1.82) is 0 Å². The fraction of sp³-hybridized carbons (Fsp3) is 0.250. The highest BCUT2D eigenvalue weighted by atomic mass is 35.5. The highest BCUT2D eigenvalue weighted by molar-refractivity contribution is 6.44. The van der Waals surface area contributed by atoms with Crippen LogP contribution in [0.1, 0.15) is 22.2 Å². The van der Waals surface area contributed by atoms with Crippen molar-refractivity contribution in [3.05, 3.63) is 69.5 Å². The average molecular weight is 451 g/mol. The maximum absolute atomic E-state index is 13.7. The van der Waals surface area contributed by atoms with Gasteiger partial charge in [-0.25, -0.2) is 8.78 Å². The third-order valence-electron chi connectivity index (χ3n) is 5.39. The van der Waals surface area contributed by atoms with Crippen LogP contribution in [-0.2, 0) is 11.3 Å². The van der Waals surface area contributed by atoms with E-state index in [0.29, 0.717) is 24.8 Å². The normalized spacial score (nSPS) is 20.2. The number of rotatable bonds is 2. The Morgan fingerprint density at radius 1 is 1.03 bits per heavy atom. The van der Waals surface area contributed by atoms with Crippen molar-refractivity contribution in [2.45, 2.75) is 18.6 Å². The van der Waals surface area contributed by atoms with Gasteiger partial charge in [0.25, 0.3) is 5.91 Å². The zero-order valence-electron chi connectivity index (χ0n) is 15.4. The maximum atomic E-state index is 13.7. The first-order valence-corrected chi connectivity index (χ1v) is 9.94. The Labute approximate surface area is 180 Å². The number of carbonyl (C=O) groups is 1. The number of morpholine rings is 1. The van der Waals surface area contributed by atoms with Crippen LogP contribution >= 0.6 is 23.2 Å². The van der Waals surface area contributed by atoms with Crippen LogP contribution in [0, 0.1) is 11.6 Å². The summed E-state index contributed by atoms with van der Waals surface area (Å²) in [7, 11) is 0. The van der Waals surface area contributed by atoms with E-state index in [9.17, 15) is 13.6 Å². The first kappa shape index (κ1) is 19.4. The lowest BCUT2D eigenvalue weighted by Crippen LogP contribution is -2.56. The third kappa shape index (κ3) is 2.98. The molecular weight excluding hydrogens is 437 g/mol. The lowest BCUT2D eigenvalue weighted by atomic mass is 10.0. The molecule has 30 heavy (non-hydrogen) atoms. The lowest BCUT2D eigenvalue weighted by molar-refractivity contribution is -0.0569. The minimum Gasteiger partial charge on any atom is -0.377 e. The first-order chi connectivity index (χ1) is 14.5. The molecule has 3 heterocycles. The fourth-order valence-corrected chi connectivity index (χ4v) is 4.37. The molecule has 1 fully saturated rings. The second-order valence-corrected chi connectivity index (χ2v) is 7.90. The summed E-state index contributed by atoms with van der Waals surface area (Å²) < 4.78 is 34.6. The summed E-state index contributed by atoms with van der Waals surface area (Å²) in [6, 6.07) is 7.64. The number of nitrogens with zero attached hydrogens (tertiary/aromatic N) is 4. The number of carbonyl (C=O) groups excluding carboxylic acids is 1. The molecule has 1 aromatic heterocycles. The Hall–Kier alpha value is -2.55. The van der Waals surface area contributed by atoms with Crippen LogP contribution in [0.4, 0.5) is 8.78 Å². The average Bonchev–Trinajstić information content (AvgIpc) is 3.15. The van der Waals surface area contributed by atoms with Gasteiger partial charge in [-0.2, -0.15) is 0 Å². The standard InChI is InChI=1S/C20H14Cl2F2N4O2/c21-16-13(5-6-14(24)17(16)22)20(29)28-12-7-27-18(10-1-3-11(23)4-2-10)25-26-19(27)15(28)9-30-8-12/h1-6,12,15H,7-9H2. The molecule has 2 bridgehead atoms. The Kier molecular flexibility index (Phi) is 4.72. The number of benzene rings is 2.